The lowest BCUT2D eigenvalue weighted by atomic mass is 10.2. The zero-order chi connectivity index (χ0) is 12.5. The van der Waals surface area contributed by atoms with Crippen molar-refractivity contribution in [1.29, 1.82) is 0 Å². The number of anilines is 1. The summed E-state index contributed by atoms with van der Waals surface area (Å²) in [6.07, 6.45) is 1.07. The van der Waals surface area contributed by atoms with Crippen LogP contribution in [0.1, 0.15) is 6.42 Å². The lowest BCUT2D eigenvalue weighted by Crippen LogP contribution is -2.23. The Kier molecular flexibility index (Phi) is 3.37. The zero-order valence-electron chi connectivity index (χ0n) is 9.76. The molecule has 1 atom stereocenters. The van der Waals surface area contributed by atoms with E-state index in [-0.39, 0.29) is 4.90 Å². The van der Waals surface area contributed by atoms with Crippen LogP contribution in [-0.4, -0.2) is 39.5 Å². The number of likely N-dealkylation sites (N-methyl/N-ethyl adjacent to an activating group) is 1. The predicted octanol–water partition coefficient (Wildman–Crippen LogP) is 0.450. The third-order valence-electron chi connectivity index (χ3n) is 2.92. The summed E-state index contributed by atoms with van der Waals surface area (Å²) in [5, 5.41) is 8.41. The van der Waals surface area contributed by atoms with Crippen LogP contribution in [0.3, 0.4) is 0 Å². The summed E-state index contributed by atoms with van der Waals surface area (Å²) >= 11 is 0. The number of primary sulfonamides is 1. The van der Waals surface area contributed by atoms with Crippen LogP contribution in [0.15, 0.2) is 29.2 Å². The summed E-state index contributed by atoms with van der Waals surface area (Å²) < 4.78 is 22.4. The molecule has 17 heavy (non-hydrogen) atoms. The molecular weight excluding hydrogens is 238 g/mol. The number of rotatable bonds is 3. The maximum absolute atomic E-state index is 11.2. The fraction of sp³-hybridized carbons (Fsp3) is 0.455. The molecule has 0 spiro atoms. The maximum Gasteiger partial charge on any atom is 0.238 e. The standard InChI is InChI=1S/C11H17N3O2S/c1-14-6-5-10(8-14)13-9-3-2-4-11(7-9)17(12,15)16/h2-4,7,10,13H,5-6,8H2,1H3,(H2,12,15,16). The van der Waals surface area contributed by atoms with Gasteiger partial charge in [0.2, 0.25) is 10.0 Å². The third-order valence-corrected chi connectivity index (χ3v) is 3.84. The number of hydrogen-bond donors (Lipinski definition) is 2. The van der Waals surface area contributed by atoms with Gasteiger partial charge in [0.05, 0.1) is 4.90 Å². The Hall–Kier alpha value is -1.11. The second-order valence-electron chi connectivity index (χ2n) is 4.47. The van der Waals surface area contributed by atoms with E-state index in [2.05, 4.69) is 17.3 Å². The molecule has 0 aromatic heterocycles. The Morgan fingerprint density at radius 1 is 1.47 bits per heavy atom. The van der Waals surface area contributed by atoms with Crippen molar-refractivity contribution < 1.29 is 8.42 Å². The number of benzene rings is 1. The fourth-order valence-corrected chi connectivity index (χ4v) is 2.61. The molecule has 1 unspecified atom stereocenters. The van der Waals surface area contributed by atoms with E-state index in [9.17, 15) is 8.42 Å². The molecule has 1 aromatic rings. The number of likely N-dealkylation sites (tertiary alicyclic amines) is 1. The molecule has 0 radical (unpaired) electrons. The summed E-state index contributed by atoms with van der Waals surface area (Å²) in [7, 11) is -1.55. The van der Waals surface area contributed by atoms with Crippen LogP contribution < -0.4 is 10.5 Å². The van der Waals surface area contributed by atoms with Crippen molar-refractivity contribution in [3.8, 4) is 0 Å². The van der Waals surface area contributed by atoms with Gasteiger partial charge in [0, 0.05) is 18.3 Å². The summed E-state index contributed by atoms with van der Waals surface area (Å²) in [4.78, 5) is 2.38. The monoisotopic (exact) mass is 255 g/mol. The van der Waals surface area contributed by atoms with Crippen molar-refractivity contribution in [2.24, 2.45) is 5.14 Å². The maximum atomic E-state index is 11.2. The number of hydrogen-bond acceptors (Lipinski definition) is 4. The van der Waals surface area contributed by atoms with E-state index in [1.807, 2.05) is 6.07 Å². The van der Waals surface area contributed by atoms with E-state index in [4.69, 9.17) is 5.14 Å². The summed E-state index contributed by atoms with van der Waals surface area (Å²) in [5.74, 6) is 0. The molecule has 3 N–H and O–H groups in total. The molecule has 0 bridgehead atoms. The van der Waals surface area contributed by atoms with E-state index < -0.39 is 10.0 Å². The van der Waals surface area contributed by atoms with Crippen LogP contribution in [0.2, 0.25) is 0 Å². The SMILES string of the molecule is CN1CCC(Nc2cccc(S(N)(=O)=O)c2)C1. The molecule has 1 saturated heterocycles. The molecule has 0 aliphatic carbocycles. The van der Waals surface area contributed by atoms with Gasteiger partial charge in [0.1, 0.15) is 0 Å². The van der Waals surface area contributed by atoms with E-state index in [0.717, 1.165) is 25.2 Å². The Morgan fingerprint density at radius 2 is 2.24 bits per heavy atom. The lowest BCUT2D eigenvalue weighted by Gasteiger charge is -2.14. The van der Waals surface area contributed by atoms with Gasteiger partial charge >= 0.3 is 0 Å². The van der Waals surface area contributed by atoms with Gasteiger partial charge in [-0.1, -0.05) is 6.07 Å². The topological polar surface area (TPSA) is 75.4 Å². The first-order chi connectivity index (χ1) is 7.95. The van der Waals surface area contributed by atoms with Crippen molar-refractivity contribution in [1.82, 2.24) is 4.90 Å². The van der Waals surface area contributed by atoms with Gasteiger partial charge in [-0.15, -0.1) is 0 Å². The van der Waals surface area contributed by atoms with E-state index in [1.165, 1.54) is 6.07 Å². The molecular formula is C11H17N3O2S. The minimum Gasteiger partial charge on any atom is -0.381 e. The van der Waals surface area contributed by atoms with Gasteiger partial charge in [-0.3, -0.25) is 0 Å². The number of sulfonamides is 1. The van der Waals surface area contributed by atoms with Gasteiger partial charge in [0.25, 0.3) is 0 Å². The first-order valence-corrected chi connectivity index (χ1v) is 7.08. The third kappa shape index (κ3) is 3.18. The first kappa shape index (κ1) is 12.3. The average molecular weight is 255 g/mol. The number of nitrogens with one attached hydrogen (secondary N) is 1. The predicted molar refractivity (Wildman–Crippen MR) is 67.3 cm³/mol. The Balaban J connectivity index is 2.12. The minimum atomic E-state index is -3.62. The molecule has 1 heterocycles. The Labute approximate surface area is 102 Å². The van der Waals surface area contributed by atoms with Crippen molar-refractivity contribution in [2.75, 3.05) is 25.5 Å². The van der Waals surface area contributed by atoms with Crippen molar-refractivity contribution in [3.63, 3.8) is 0 Å². The van der Waals surface area contributed by atoms with Crippen molar-refractivity contribution in [3.05, 3.63) is 24.3 Å². The highest BCUT2D eigenvalue weighted by molar-refractivity contribution is 7.89. The highest BCUT2D eigenvalue weighted by Gasteiger charge is 2.19. The molecule has 1 aliphatic heterocycles. The van der Waals surface area contributed by atoms with E-state index in [0.29, 0.717) is 6.04 Å². The van der Waals surface area contributed by atoms with E-state index >= 15 is 0 Å². The molecule has 0 amide bonds. The first-order valence-electron chi connectivity index (χ1n) is 5.53. The van der Waals surface area contributed by atoms with Crippen LogP contribution in [0, 0.1) is 0 Å². The van der Waals surface area contributed by atoms with Crippen LogP contribution in [-0.2, 0) is 10.0 Å². The van der Waals surface area contributed by atoms with Gasteiger partial charge < -0.3 is 10.2 Å². The molecule has 6 heteroatoms. The summed E-state index contributed by atoms with van der Waals surface area (Å²) in [5.41, 5.74) is 0.803. The largest absolute Gasteiger partial charge is 0.381 e. The smallest absolute Gasteiger partial charge is 0.238 e. The van der Waals surface area contributed by atoms with E-state index in [1.54, 1.807) is 12.1 Å². The molecule has 1 aromatic carbocycles. The molecule has 1 aliphatic rings. The normalized spacial score (nSPS) is 21.6. The number of nitrogens with zero attached hydrogens (tertiary/aromatic N) is 1. The van der Waals surface area contributed by atoms with Gasteiger partial charge in [0.15, 0.2) is 0 Å². The fourth-order valence-electron chi connectivity index (χ4n) is 2.05. The van der Waals surface area contributed by atoms with Gasteiger partial charge in [-0.05, 0) is 38.2 Å². The zero-order valence-corrected chi connectivity index (χ0v) is 10.6. The lowest BCUT2D eigenvalue weighted by molar-refractivity contribution is 0.414. The molecule has 5 nitrogen and oxygen atoms in total. The quantitative estimate of drug-likeness (QED) is 0.822. The average Bonchev–Trinajstić information content (AvgIpc) is 2.63. The van der Waals surface area contributed by atoms with Crippen molar-refractivity contribution in [2.45, 2.75) is 17.4 Å². The summed E-state index contributed by atoms with van der Waals surface area (Å²) in [6, 6.07) is 7.00. The highest BCUT2D eigenvalue weighted by atomic mass is 32.2. The van der Waals surface area contributed by atoms with Crippen LogP contribution >= 0.6 is 0 Å². The minimum absolute atomic E-state index is 0.147. The summed E-state index contributed by atoms with van der Waals surface area (Å²) in [6.45, 7) is 2.03. The second-order valence-corrected chi connectivity index (χ2v) is 6.03. The Bertz CT molecular complexity index is 501. The molecule has 94 valence electrons. The van der Waals surface area contributed by atoms with Crippen LogP contribution in [0.4, 0.5) is 5.69 Å². The molecule has 2 rings (SSSR count). The highest BCUT2D eigenvalue weighted by Crippen LogP contribution is 2.18. The van der Waals surface area contributed by atoms with Gasteiger partial charge in [-0.25, -0.2) is 13.6 Å². The van der Waals surface area contributed by atoms with Crippen molar-refractivity contribution >= 4 is 15.7 Å². The Morgan fingerprint density at radius 3 is 2.82 bits per heavy atom. The van der Waals surface area contributed by atoms with Gasteiger partial charge in [-0.2, -0.15) is 0 Å². The van der Waals surface area contributed by atoms with Crippen LogP contribution in [0.25, 0.3) is 0 Å². The molecule has 1 fully saturated rings. The van der Waals surface area contributed by atoms with Crippen LogP contribution in [0.5, 0.6) is 0 Å². The second kappa shape index (κ2) is 4.64. The molecule has 0 saturated carbocycles. The number of nitrogens with two attached hydrogens (primary N) is 1.